The summed E-state index contributed by atoms with van der Waals surface area (Å²) >= 11 is 0.829. The molecule has 0 saturated carbocycles. The summed E-state index contributed by atoms with van der Waals surface area (Å²) in [5, 5.41) is 34.4. The van der Waals surface area contributed by atoms with E-state index in [2.05, 4.69) is 41.1 Å². The molecule has 2 N–H and O–H groups in total. The van der Waals surface area contributed by atoms with Gasteiger partial charge in [-0.2, -0.15) is 5.26 Å². The monoisotopic (exact) mass is 1040 g/mol. The van der Waals surface area contributed by atoms with Crippen molar-refractivity contribution in [2.45, 2.75) is 26.5 Å². The normalized spacial score (nSPS) is 11.8. The zero-order valence-electron chi connectivity index (χ0n) is 38.1. The van der Waals surface area contributed by atoms with E-state index >= 15 is 0 Å². The smallest absolute Gasteiger partial charge is 0.744 e. The van der Waals surface area contributed by atoms with Crippen LogP contribution in [-0.4, -0.2) is 61.9 Å². The number of nitriles is 1. The molecule has 0 aliphatic rings. The van der Waals surface area contributed by atoms with Crippen LogP contribution < -0.4 is 86.1 Å². The molecule has 0 unspecified atom stereocenters. The molecule has 6 aromatic carbocycles. The summed E-state index contributed by atoms with van der Waals surface area (Å²) in [4.78, 5) is 6.53. The summed E-state index contributed by atoms with van der Waals surface area (Å²) in [7, 11) is -20.0. The maximum Gasteiger partial charge on any atom is 1.00 e. The molecule has 21 nitrogen and oxygen atoms in total. The molecule has 0 fully saturated rings. The van der Waals surface area contributed by atoms with Crippen molar-refractivity contribution in [2.24, 2.45) is 20.5 Å². The molecule has 0 amide bonds. The van der Waals surface area contributed by atoms with Crippen LogP contribution in [0.5, 0.6) is 0 Å². The number of pyridine rings is 1. The molecule has 30 heteroatoms. The molecule has 8 rings (SSSR count). The van der Waals surface area contributed by atoms with Crippen LogP contribution in [0.1, 0.15) is 11.1 Å². The van der Waals surface area contributed by atoms with Crippen LogP contribution in [0.4, 0.5) is 44.5 Å². The number of thiazole rings is 1. The number of anilines is 4. The fourth-order valence-corrected chi connectivity index (χ4v) is 9.81. The second-order valence-corrected chi connectivity index (χ2v) is 20.7. The van der Waals surface area contributed by atoms with E-state index in [1.807, 2.05) is 36.4 Å². The minimum atomic E-state index is -5.25. The van der Waals surface area contributed by atoms with Gasteiger partial charge in [0.15, 0.2) is 16.6 Å². The van der Waals surface area contributed by atoms with Gasteiger partial charge in [0.1, 0.15) is 57.9 Å². The molecule has 72 heavy (non-hydrogen) atoms. The Balaban J connectivity index is 0.00000281. The molecule has 0 aliphatic carbocycles. The quantitative estimate of drug-likeness (QED) is 0.0647. The number of azo groups is 2. The molecule has 0 saturated heterocycles. The Morgan fingerprint density at radius 3 is 1.68 bits per heavy atom. The SMILES string of the molecule is Cc1c(C#N)c(Nc2ccc(S(=O)(=O)[O-])cc2)nc(Nc2ccc(S(=O)(=O)[O-])cc2)c1N=Nc1nc(-c2ccc3ccccc3c2)c(N=Nc2cc(S(=O)(=O)[O-])c3cccc(S(=O)(=O)[O-])c3c2)s1.[Li+].[Li+].[Li+].[Li+]. The molecule has 0 radical (unpaired) electrons. The number of rotatable bonds is 13. The predicted octanol–water partition coefficient (Wildman–Crippen LogP) is -3.36. The first-order valence-electron chi connectivity index (χ1n) is 19.0. The maximum atomic E-state index is 12.4. The zero-order valence-corrected chi connectivity index (χ0v) is 42.2. The van der Waals surface area contributed by atoms with Gasteiger partial charge in [-0.25, -0.2) is 43.6 Å². The Morgan fingerprint density at radius 2 is 1.12 bits per heavy atom. The number of nitrogens with zero attached hydrogens (tertiary/aromatic N) is 7. The minimum Gasteiger partial charge on any atom is -0.744 e. The van der Waals surface area contributed by atoms with E-state index in [1.165, 1.54) is 37.3 Å². The summed E-state index contributed by atoms with van der Waals surface area (Å²) < 4.78 is 143. The van der Waals surface area contributed by atoms with E-state index in [1.54, 1.807) is 12.1 Å². The number of aromatic nitrogens is 2. The van der Waals surface area contributed by atoms with Gasteiger partial charge in [0.2, 0.25) is 5.13 Å². The van der Waals surface area contributed by atoms with Gasteiger partial charge in [-0.15, -0.1) is 20.5 Å². The third kappa shape index (κ3) is 13.4. The number of benzene rings is 6. The molecular weight excluding hydrogens is 1010 g/mol. The first kappa shape index (κ1) is 59.5. The Labute approximate surface area is 463 Å². The van der Waals surface area contributed by atoms with Crippen molar-refractivity contribution in [3.05, 3.63) is 132 Å². The van der Waals surface area contributed by atoms with Crippen LogP contribution in [0.15, 0.2) is 161 Å². The van der Waals surface area contributed by atoms with Crippen LogP contribution >= 0.6 is 11.3 Å². The minimum absolute atomic E-state index is 0. The van der Waals surface area contributed by atoms with Crippen LogP contribution in [0.3, 0.4) is 0 Å². The van der Waals surface area contributed by atoms with Gasteiger partial charge in [0.25, 0.3) is 0 Å². The van der Waals surface area contributed by atoms with Crippen molar-refractivity contribution < 1.29 is 127 Å². The first-order chi connectivity index (χ1) is 32.1. The van der Waals surface area contributed by atoms with E-state index in [-0.39, 0.29) is 148 Å². The van der Waals surface area contributed by atoms with Crippen molar-refractivity contribution in [1.29, 1.82) is 5.26 Å². The van der Waals surface area contributed by atoms with E-state index in [0.717, 1.165) is 70.6 Å². The van der Waals surface area contributed by atoms with Crippen LogP contribution in [-0.2, 0) is 40.5 Å². The van der Waals surface area contributed by atoms with Crippen molar-refractivity contribution in [1.82, 2.24) is 9.97 Å². The molecule has 2 heterocycles. The topological polar surface area (TPSA) is 352 Å². The van der Waals surface area contributed by atoms with Crippen LogP contribution in [0.25, 0.3) is 32.8 Å². The Kier molecular flexibility index (Phi) is 19.4. The number of hydrogen-bond donors (Lipinski definition) is 2. The molecule has 0 atom stereocenters. The van der Waals surface area contributed by atoms with Gasteiger partial charge in [0, 0.05) is 33.3 Å². The van der Waals surface area contributed by atoms with Crippen molar-refractivity contribution in [2.75, 3.05) is 10.6 Å². The second-order valence-electron chi connectivity index (χ2n) is 14.3. The average molecular weight is 1040 g/mol. The second kappa shape index (κ2) is 23.4. The maximum absolute atomic E-state index is 12.4. The predicted molar refractivity (Wildman–Crippen MR) is 242 cm³/mol. The van der Waals surface area contributed by atoms with Gasteiger partial charge in [0.05, 0.1) is 30.8 Å². The van der Waals surface area contributed by atoms with Gasteiger partial charge in [-0.1, -0.05) is 59.9 Å². The van der Waals surface area contributed by atoms with Crippen LogP contribution in [0, 0.1) is 18.3 Å². The van der Waals surface area contributed by atoms with Crippen molar-refractivity contribution in [3.63, 3.8) is 0 Å². The standard InChI is InChI=1S/C42H29N9O12S5.4Li/c1-23-34(22-43)39(44-27-11-15-30(16-12-27)65(52,53)54)47-40(45-28-13-17-31(18-14-28)66(55,56)57)37(23)49-51-42-46-38(26-10-9-24-5-2-3-6-25(24)19-26)41(64-42)50-48-29-20-33-32(36(21-29)68(61,62)63)7-4-8-35(33)67(58,59)60;;;;/h2-21H,1H3,(H2,44,45,47)(H,52,53,54)(H,55,56,57)(H,58,59,60)(H,61,62,63);;;;/q;4*+1/p-4. The molecular formula is C42H25Li4N9O12S5. The summed E-state index contributed by atoms with van der Waals surface area (Å²) in [6.07, 6.45) is 0. The first-order valence-corrected chi connectivity index (χ1v) is 25.4. The third-order valence-electron chi connectivity index (χ3n) is 9.89. The molecule has 344 valence electrons. The van der Waals surface area contributed by atoms with Crippen molar-refractivity contribution in [3.8, 4) is 17.3 Å². The zero-order chi connectivity index (χ0) is 48.8. The van der Waals surface area contributed by atoms with E-state index in [9.17, 15) is 57.1 Å². The summed E-state index contributed by atoms with van der Waals surface area (Å²) in [6.45, 7) is 1.51. The summed E-state index contributed by atoms with van der Waals surface area (Å²) in [6, 6.07) is 29.3. The van der Waals surface area contributed by atoms with E-state index < -0.39 is 60.1 Å². The van der Waals surface area contributed by atoms with Crippen molar-refractivity contribution >= 4 is 118 Å². The van der Waals surface area contributed by atoms with E-state index in [0.29, 0.717) is 5.56 Å². The number of nitrogens with one attached hydrogen (secondary N) is 2. The van der Waals surface area contributed by atoms with Gasteiger partial charge in [-0.3, -0.25) is 0 Å². The molecule has 2 aromatic heterocycles. The molecule has 0 bridgehead atoms. The van der Waals surface area contributed by atoms with E-state index in [4.69, 9.17) is 0 Å². The van der Waals surface area contributed by atoms with Gasteiger partial charge < -0.3 is 28.8 Å². The van der Waals surface area contributed by atoms with Gasteiger partial charge in [-0.05, 0) is 90.5 Å². The Bertz CT molecular complexity index is 3960. The molecule has 0 spiro atoms. The number of fused-ring (bicyclic) bond motifs is 2. The summed E-state index contributed by atoms with van der Waals surface area (Å²) in [5.74, 6) is -0.143. The summed E-state index contributed by atoms with van der Waals surface area (Å²) in [5.41, 5.74) is 0.882. The molecule has 0 aliphatic heterocycles. The Hall–Kier alpha value is -5.06. The fourth-order valence-electron chi connectivity index (χ4n) is 6.74. The third-order valence-corrected chi connectivity index (χ3v) is 14.2. The number of hydrogen-bond acceptors (Lipinski definition) is 22. The largest absolute Gasteiger partial charge is 1.00 e. The fraction of sp³-hybridized carbons (Fsp3) is 0.0238. The Morgan fingerprint density at radius 1 is 0.556 bits per heavy atom. The van der Waals surface area contributed by atoms with Crippen LogP contribution in [0.2, 0.25) is 0 Å². The van der Waals surface area contributed by atoms with Gasteiger partial charge >= 0.3 is 75.4 Å². The average Bonchev–Trinajstić information content (AvgIpc) is 3.69. The molecule has 8 aromatic rings.